The van der Waals surface area contributed by atoms with E-state index < -0.39 is 11.6 Å². The zero-order valence-corrected chi connectivity index (χ0v) is 17.5. The number of fused-ring (bicyclic) bond motifs is 3. The molecular weight excluding hydrogens is 394 g/mol. The van der Waals surface area contributed by atoms with Crippen molar-refractivity contribution in [2.75, 3.05) is 11.4 Å². The third kappa shape index (κ3) is 3.34. The Morgan fingerprint density at radius 1 is 1.16 bits per heavy atom. The first-order chi connectivity index (χ1) is 14.9. The topological polar surface area (TPSA) is 90.7 Å². The molecule has 0 bridgehead atoms. The Bertz CT molecular complexity index is 1090. The molecule has 0 aromatic heterocycles. The number of nitrogens with zero attached hydrogens (tertiary/aromatic N) is 3. The van der Waals surface area contributed by atoms with Crippen LogP contribution in [0.25, 0.3) is 0 Å². The Morgan fingerprint density at radius 2 is 1.87 bits per heavy atom. The molecule has 2 aliphatic heterocycles. The van der Waals surface area contributed by atoms with Gasteiger partial charge in [-0.25, -0.2) is 4.79 Å². The zero-order chi connectivity index (χ0) is 22.2. The summed E-state index contributed by atoms with van der Waals surface area (Å²) in [4.78, 5) is 42.8. The molecule has 2 amide bonds. The van der Waals surface area contributed by atoms with Gasteiger partial charge in [0.05, 0.1) is 22.9 Å². The quantitative estimate of drug-likeness (QED) is 0.697. The molecule has 2 aliphatic rings. The molecule has 0 aliphatic carbocycles. The van der Waals surface area contributed by atoms with E-state index >= 15 is 0 Å². The normalized spacial score (nSPS) is 19.8. The summed E-state index contributed by atoms with van der Waals surface area (Å²) in [5.74, 6) is -1.00. The highest BCUT2D eigenvalue weighted by atomic mass is 16.5. The number of hydrogen-bond donors (Lipinski definition) is 0. The van der Waals surface area contributed by atoms with E-state index in [4.69, 9.17) is 10.00 Å². The van der Waals surface area contributed by atoms with Crippen molar-refractivity contribution >= 4 is 23.5 Å². The summed E-state index contributed by atoms with van der Waals surface area (Å²) in [6.07, 6.45) is 0.340. The SMILES string of the molecule is CC(C)CN1C(=O)c2ccccc2N2C(=O)CCC12C(=O)OCc1ccc(C#N)cc1. The highest BCUT2D eigenvalue weighted by Gasteiger charge is 2.61. The predicted octanol–water partition coefficient (Wildman–Crippen LogP) is 3.24. The predicted molar refractivity (Wildman–Crippen MR) is 113 cm³/mol. The summed E-state index contributed by atoms with van der Waals surface area (Å²) in [5, 5.41) is 8.94. The summed E-state index contributed by atoms with van der Waals surface area (Å²) in [6.45, 7) is 4.23. The van der Waals surface area contributed by atoms with Crippen molar-refractivity contribution in [3.05, 3.63) is 65.2 Å². The van der Waals surface area contributed by atoms with Crippen LogP contribution in [0.3, 0.4) is 0 Å². The van der Waals surface area contributed by atoms with Gasteiger partial charge in [-0.1, -0.05) is 38.1 Å². The van der Waals surface area contributed by atoms with Crippen molar-refractivity contribution in [2.45, 2.75) is 39.0 Å². The monoisotopic (exact) mass is 417 g/mol. The molecule has 7 nitrogen and oxygen atoms in total. The van der Waals surface area contributed by atoms with Gasteiger partial charge in [0.2, 0.25) is 11.6 Å². The van der Waals surface area contributed by atoms with E-state index in [1.54, 1.807) is 48.5 Å². The lowest BCUT2D eigenvalue weighted by molar-refractivity contribution is -0.159. The van der Waals surface area contributed by atoms with Crippen LogP contribution in [0.2, 0.25) is 0 Å². The third-order valence-electron chi connectivity index (χ3n) is 5.70. The Hall–Kier alpha value is -3.66. The number of esters is 1. The first-order valence-electron chi connectivity index (χ1n) is 10.3. The summed E-state index contributed by atoms with van der Waals surface area (Å²) in [6, 6.07) is 15.7. The maximum Gasteiger partial charge on any atom is 0.354 e. The molecule has 0 saturated carbocycles. The van der Waals surface area contributed by atoms with Crippen molar-refractivity contribution in [3.8, 4) is 6.07 Å². The van der Waals surface area contributed by atoms with E-state index in [-0.39, 0.29) is 37.2 Å². The first-order valence-corrected chi connectivity index (χ1v) is 10.3. The summed E-state index contributed by atoms with van der Waals surface area (Å²) in [7, 11) is 0. The second-order valence-electron chi connectivity index (χ2n) is 8.26. The van der Waals surface area contributed by atoms with Crippen molar-refractivity contribution in [1.82, 2.24) is 4.90 Å². The molecule has 2 aromatic carbocycles. The number of rotatable bonds is 5. The Kier molecular flexibility index (Phi) is 5.24. The lowest BCUT2D eigenvalue weighted by atomic mass is 9.95. The molecule has 2 aromatic rings. The van der Waals surface area contributed by atoms with Crippen LogP contribution in [0.1, 0.15) is 48.2 Å². The lowest BCUT2D eigenvalue weighted by Crippen LogP contribution is -2.69. The number of ether oxygens (including phenoxy) is 1. The van der Waals surface area contributed by atoms with Gasteiger partial charge >= 0.3 is 5.97 Å². The smallest absolute Gasteiger partial charge is 0.354 e. The molecule has 1 saturated heterocycles. The maximum absolute atomic E-state index is 13.5. The largest absolute Gasteiger partial charge is 0.458 e. The fourth-order valence-corrected chi connectivity index (χ4v) is 4.31. The average molecular weight is 417 g/mol. The highest BCUT2D eigenvalue weighted by molar-refractivity contribution is 6.15. The van der Waals surface area contributed by atoms with Crippen LogP contribution in [-0.2, 0) is 20.9 Å². The van der Waals surface area contributed by atoms with Crippen molar-refractivity contribution in [3.63, 3.8) is 0 Å². The number of anilines is 1. The minimum absolute atomic E-state index is 0.0142. The van der Waals surface area contributed by atoms with Gasteiger partial charge < -0.3 is 9.64 Å². The molecule has 158 valence electrons. The van der Waals surface area contributed by atoms with E-state index in [0.29, 0.717) is 23.4 Å². The molecule has 2 heterocycles. The molecule has 0 radical (unpaired) electrons. The van der Waals surface area contributed by atoms with E-state index in [9.17, 15) is 14.4 Å². The van der Waals surface area contributed by atoms with Gasteiger partial charge in [0.1, 0.15) is 6.61 Å². The molecule has 31 heavy (non-hydrogen) atoms. The lowest BCUT2D eigenvalue weighted by Gasteiger charge is -2.48. The number of carbonyl (C=O) groups excluding carboxylic acids is 3. The maximum atomic E-state index is 13.5. The van der Waals surface area contributed by atoms with Gasteiger partial charge in [0, 0.05) is 19.4 Å². The molecule has 1 atom stereocenters. The highest BCUT2D eigenvalue weighted by Crippen LogP contribution is 2.45. The minimum atomic E-state index is -1.49. The van der Waals surface area contributed by atoms with Gasteiger partial charge in [-0.15, -0.1) is 0 Å². The number of benzene rings is 2. The van der Waals surface area contributed by atoms with Crippen LogP contribution in [-0.4, -0.2) is 34.9 Å². The fraction of sp³-hybridized carbons (Fsp3) is 0.333. The van der Waals surface area contributed by atoms with Gasteiger partial charge in [0.25, 0.3) is 5.91 Å². The second kappa shape index (κ2) is 7.88. The van der Waals surface area contributed by atoms with E-state index in [0.717, 1.165) is 5.56 Å². The van der Waals surface area contributed by atoms with Crippen LogP contribution < -0.4 is 4.90 Å². The molecule has 4 rings (SSSR count). The van der Waals surface area contributed by atoms with Crippen molar-refractivity contribution in [2.24, 2.45) is 5.92 Å². The zero-order valence-electron chi connectivity index (χ0n) is 17.5. The van der Waals surface area contributed by atoms with Crippen LogP contribution in [0.5, 0.6) is 0 Å². The Morgan fingerprint density at radius 3 is 2.55 bits per heavy atom. The molecule has 0 N–H and O–H groups in total. The van der Waals surface area contributed by atoms with E-state index in [1.165, 1.54) is 9.80 Å². The summed E-state index contributed by atoms with van der Waals surface area (Å²) < 4.78 is 5.66. The number of para-hydroxylation sites is 1. The van der Waals surface area contributed by atoms with E-state index in [2.05, 4.69) is 0 Å². The van der Waals surface area contributed by atoms with Crippen LogP contribution in [0.15, 0.2) is 48.5 Å². The fourth-order valence-electron chi connectivity index (χ4n) is 4.31. The molecule has 0 spiro atoms. The molecule has 1 unspecified atom stereocenters. The molecular formula is C24H23N3O4. The number of nitriles is 1. The van der Waals surface area contributed by atoms with Gasteiger partial charge in [-0.3, -0.25) is 14.5 Å². The number of carbonyl (C=O) groups is 3. The summed E-state index contributed by atoms with van der Waals surface area (Å²) in [5.41, 5.74) is 0.606. The number of amides is 2. The van der Waals surface area contributed by atoms with Crippen molar-refractivity contribution in [1.29, 1.82) is 5.26 Å². The summed E-state index contributed by atoms with van der Waals surface area (Å²) >= 11 is 0. The standard InChI is InChI=1S/C24H23N3O4/c1-16(2)14-26-22(29)19-5-3-4-6-20(19)27-21(28)11-12-24(26,27)23(30)31-15-18-9-7-17(13-25)8-10-18/h3-10,16H,11-12,14-15H2,1-2H3. The van der Waals surface area contributed by atoms with E-state index in [1.807, 2.05) is 19.9 Å². The Labute approximate surface area is 180 Å². The molecule has 7 heteroatoms. The third-order valence-corrected chi connectivity index (χ3v) is 5.70. The number of hydrogen-bond acceptors (Lipinski definition) is 5. The van der Waals surface area contributed by atoms with Crippen LogP contribution in [0, 0.1) is 17.2 Å². The van der Waals surface area contributed by atoms with Gasteiger partial charge in [-0.05, 0) is 35.7 Å². The minimum Gasteiger partial charge on any atom is -0.458 e. The van der Waals surface area contributed by atoms with Crippen molar-refractivity contribution < 1.29 is 19.1 Å². The van der Waals surface area contributed by atoms with Gasteiger partial charge in [-0.2, -0.15) is 5.26 Å². The molecule has 1 fully saturated rings. The van der Waals surface area contributed by atoms with Gasteiger partial charge in [0.15, 0.2) is 0 Å². The van der Waals surface area contributed by atoms with Crippen LogP contribution in [0.4, 0.5) is 5.69 Å². The average Bonchev–Trinajstić information content (AvgIpc) is 3.13. The second-order valence-corrected chi connectivity index (χ2v) is 8.26. The Balaban J connectivity index is 1.72. The van der Waals surface area contributed by atoms with Crippen LogP contribution >= 0.6 is 0 Å². The first kappa shape index (κ1) is 20.6.